The number of rotatable bonds is 6. The zero-order valence-electron chi connectivity index (χ0n) is 17.6. The molecule has 33 heavy (non-hydrogen) atoms. The Morgan fingerprint density at radius 2 is 1.88 bits per heavy atom. The second-order valence-electron chi connectivity index (χ2n) is 7.54. The van der Waals surface area contributed by atoms with Crippen LogP contribution >= 0.6 is 27.3 Å². The Hall–Kier alpha value is -3.21. The molecular formula is C23H22BrN7OS. The van der Waals surface area contributed by atoms with Crippen LogP contribution in [0.1, 0.15) is 10.5 Å². The number of H-pyrrole nitrogens is 1. The number of hydrogen-bond donors (Lipinski definition) is 4. The summed E-state index contributed by atoms with van der Waals surface area (Å²) < 4.78 is 1.02. The van der Waals surface area contributed by atoms with Crippen molar-refractivity contribution in [2.75, 3.05) is 41.7 Å². The average molecular weight is 524 g/mol. The molecule has 1 saturated heterocycles. The third-order valence-corrected chi connectivity index (χ3v) is 6.60. The van der Waals surface area contributed by atoms with Gasteiger partial charge < -0.3 is 20.9 Å². The number of carbonyl (C=O) groups excluding carboxylic acids is 1. The van der Waals surface area contributed by atoms with Crippen LogP contribution in [0.15, 0.2) is 64.5 Å². The predicted octanol–water partition coefficient (Wildman–Crippen LogP) is 4.70. The fourth-order valence-corrected chi connectivity index (χ4v) is 4.62. The topological polar surface area (TPSA) is 98.0 Å². The highest BCUT2D eigenvalue weighted by molar-refractivity contribution is 9.10. The maximum Gasteiger partial charge on any atom is 0.275 e. The predicted molar refractivity (Wildman–Crippen MR) is 137 cm³/mol. The molecule has 4 aromatic rings. The molecule has 5 rings (SSSR count). The van der Waals surface area contributed by atoms with Crippen LogP contribution < -0.4 is 20.9 Å². The third-order valence-electron chi connectivity index (χ3n) is 5.31. The van der Waals surface area contributed by atoms with E-state index in [-0.39, 0.29) is 5.91 Å². The summed E-state index contributed by atoms with van der Waals surface area (Å²) in [5.74, 6) is 0.401. The summed E-state index contributed by atoms with van der Waals surface area (Å²) in [6.45, 7) is 3.67. The van der Waals surface area contributed by atoms with Gasteiger partial charge in [-0.2, -0.15) is 5.10 Å². The molecule has 3 heterocycles. The van der Waals surface area contributed by atoms with Crippen molar-refractivity contribution in [2.45, 2.75) is 0 Å². The Kier molecular flexibility index (Phi) is 6.38. The first-order valence-electron chi connectivity index (χ1n) is 10.6. The Morgan fingerprint density at radius 3 is 2.70 bits per heavy atom. The lowest BCUT2D eigenvalue weighted by molar-refractivity contribution is 0.102. The fraction of sp³-hybridized carbons (Fsp3) is 0.174. The van der Waals surface area contributed by atoms with Gasteiger partial charge in [0.25, 0.3) is 5.91 Å². The Labute approximate surface area is 203 Å². The van der Waals surface area contributed by atoms with Crippen molar-refractivity contribution in [2.24, 2.45) is 0 Å². The molecule has 1 fully saturated rings. The first-order chi connectivity index (χ1) is 16.2. The van der Waals surface area contributed by atoms with E-state index in [4.69, 9.17) is 0 Å². The zero-order chi connectivity index (χ0) is 22.6. The molecule has 0 radical (unpaired) electrons. The van der Waals surface area contributed by atoms with Gasteiger partial charge in [-0.15, -0.1) is 11.3 Å². The smallest absolute Gasteiger partial charge is 0.275 e. The third kappa shape index (κ3) is 5.08. The van der Waals surface area contributed by atoms with E-state index in [0.717, 1.165) is 53.3 Å². The summed E-state index contributed by atoms with van der Waals surface area (Å²) in [6.07, 6.45) is 0. The maximum atomic E-state index is 12.9. The van der Waals surface area contributed by atoms with Gasteiger partial charge in [0.2, 0.25) is 0 Å². The van der Waals surface area contributed by atoms with E-state index in [0.29, 0.717) is 16.6 Å². The zero-order valence-corrected chi connectivity index (χ0v) is 20.0. The molecule has 2 aromatic carbocycles. The van der Waals surface area contributed by atoms with Gasteiger partial charge in [-0.3, -0.25) is 9.89 Å². The maximum absolute atomic E-state index is 12.9. The molecule has 0 saturated carbocycles. The number of halogens is 1. The molecule has 1 amide bonds. The number of aromatic nitrogens is 3. The minimum absolute atomic E-state index is 0.237. The second-order valence-corrected chi connectivity index (χ2v) is 9.32. The van der Waals surface area contributed by atoms with Crippen LogP contribution in [0.2, 0.25) is 0 Å². The van der Waals surface area contributed by atoms with Gasteiger partial charge in [-0.05, 0) is 29.8 Å². The van der Waals surface area contributed by atoms with Crippen molar-refractivity contribution < 1.29 is 4.79 Å². The number of anilines is 4. The van der Waals surface area contributed by atoms with Crippen LogP contribution in [0.5, 0.6) is 0 Å². The molecule has 4 N–H and O–H groups in total. The van der Waals surface area contributed by atoms with Crippen LogP contribution in [0.3, 0.4) is 0 Å². The van der Waals surface area contributed by atoms with Crippen molar-refractivity contribution in [3.05, 3.63) is 70.1 Å². The highest BCUT2D eigenvalue weighted by atomic mass is 79.9. The molecule has 10 heteroatoms. The molecule has 1 aliphatic heterocycles. The molecule has 0 bridgehead atoms. The molecule has 0 atom stereocenters. The standard InChI is InChI=1S/C23H22BrN7OS/c24-16-7-5-15(6-8-16)18-13-21(30-29-18)28-23-27-19(14-33-23)22(32)26-17-3-1-2-4-20(17)31-11-9-25-10-12-31/h1-8,13-14,25H,9-12H2,(H,26,32)(H2,27,28,29,30). The van der Waals surface area contributed by atoms with Crippen LogP contribution in [0.25, 0.3) is 11.3 Å². The van der Waals surface area contributed by atoms with E-state index in [1.54, 1.807) is 5.38 Å². The number of carbonyl (C=O) groups is 1. The Morgan fingerprint density at radius 1 is 1.09 bits per heavy atom. The summed E-state index contributed by atoms with van der Waals surface area (Å²) in [5, 5.41) is 19.2. The van der Waals surface area contributed by atoms with Crippen molar-refractivity contribution in [3.63, 3.8) is 0 Å². The van der Waals surface area contributed by atoms with Gasteiger partial charge in [0.15, 0.2) is 10.9 Å². The molecule has 8 nitrogen and oxygen atoms in total. The summed E-state index contributed by atoms with van der Waals surface area (Å²) in [4.78, 5) is 19.6. The number of thiazole rings is 1. The molecule has 2 aromatic heterocycles. The van der Waals surface area contributed by atoms with E-state index in [9.17, 15) is 4.79 Å². The van der Waals surface area contributed by atoms with Gasteiger partial charge in [0, 0.05) is 42.1 Å². The van der Waals surface area contributed by atoms with E-state index in [1.165, 1.54) is 11.3 Å². The van der Waals surface area contributed by atoms with Gasteiger partial charge in [0.05, 0.1) is 17.1 Å². The number of para-hydroxylation sites is 2. The summed E-state index contributed by atoms with van der Waals surface area (Å²) >= 11 is 4.80. The first-order valence-corrected chi connectivity index (χ1v) is 12.2. The monoisotopic (exact) mass is 523 g/mol. The Bertz CT molecular complexity index is 1250. The van der Waals surface area contributed by atoms with Crippen molar-refractivity contribution in [1.82, 2.24) is 20.5 Å². The van der Waals surface area contributed by atoms with Crippen LogP contribution in [0, 0.1) is 0 Å². The lowest BCUT2D eigenvalue weighted by Gasteiger charge is -2.31. The second kappa shape index (κ2) is 9.74. The van der Waals surface area contributed by atoms with Crippen molar-refractivity contribution >= 4 is 55.5 Å². The quantitative estimate of drug-likeness (QED) is 0.292. The van der Waals surface area contributed by atoms with E-state index >= 15 is 0 Å². The highest BCUT2D eigenvalue weighted by Gasteiger charge is 2.17. The lowest BCUT2D eigenvalue weighted by Crippen LogP contribution is -2.43. The SMILES string of the molecule is O=C(Nc1ccccc1N1CCNCC1)c1csc(Nc2cc(-c3ccc(Br)cc3)[nH]n2)n1. The number of piperazine rings is 1. The largest absolute Gasteiger partial charge is 0.367 e. The molecule has 168 valence electrons. The lowest BCUT2D eigenvalue weighted by atomic mass is 10.2. The fourth-order valence-electron chi connectivity index (χ4n) is 3.66. The Balaban J connectivity index is 1.26. The molecule has 1 aliphatic rings. The summed E-state index contributed by atoms with van der Waals surface area (Å²) in [7, 11) is 0. The van der Waals surface area contributed by atoms with E-state index in [2.05, 4.69) is 52.0 Å². The van der Waals surface area contributed by atoms with Gasteiger partial charge in [-0.25, -0.2) is 4.98 Å². The minimum atomic E-state index is -0.237. The average Bonchev–Trinajstić information content (AvgIpc) is 3.51. The molecular weight excluding hydrogens is 502 g/mol. The van der Waals surface area contributed by atoms with Gasteiger partial charge in [-0.1, -0.05) is 40.2 Å². The number of benzene rings is 2. The molecule has 0 unspecified atom stereocenters. The van der Waals surface area contributed by atoms with Crippen LogP contribution in [-0.2, 0) is 0 Å². The summed E-state index contributed by atoms with van der Waals surface area (Å²) in [5.41, 5.74) is 4.10. The minimum Gasteiger partial charge on any atom is -0.367 e. The van der Waals surface area contributed by atoms with E-state index in [1.807, 2.05) is 54.6 Å². The van der Waals surface area contributed by atoms with Gasteiger partial charge >= 0.3 is 0 Å². The number of hydrogen-bond acceptors (Lipinski definition) is 7. The molecule has 0 aliphatic carbocycles. The van der Waals surface area contributed by atoms with Crippen LogP contribution in [-0.4, -0.2) is 47.3 Å². The number of amides is 1. The number of nitrogens with zero attached hydrogens (tertiary/aromatic N) is 3. The van der Waals surface area contributed by atoms with Crippen molar-refractivity contribution in [1.29, 1.82) is 0 Å². The van der Waals surface area contributed by atoms with Gasteiger partial charge in [0.1, 0.15) is 5.69 Å². The number of aromatic amines is 1. The summed E-state index contributed by atoms with van der Waals surface area (Å²) in [6, 6.07) is 17.8. The highest BCUT2D eigenvalue weighted by Crippen LogP contribution is 2.28. The molecule has 0 spiro atoms. The van der Waals surface area contributed by atoms with E-state index < -0.39 is 0 Å². The van der Waals surface area contributed by atoms with Crippen LogP contribution in [0.4, 0.5) is 22.3 Å². The first kappa shape index (κ1) is 21.6. The number of nitrogens with one attached hydrogen (secondary N) is 4. The normalized spacial score (nSPS) is 13.7. The van der Waals surface area contributed by atoms with Crippen molar-refractivity contribution in [3.8, 4) is 11.3 Å².